The van der Waals surface area contributed by atoms with E-state index >= 15 is 0 Å². The summed E-state index contributed by atoms with van der Waals surface area (Å²) < 4.78 is 2.00. The number of rotatable bonds is 4. The van der Waals surface area contributed by atoms with Gasteiger partial charge in [-0.25, -0.2) is 9.97 Å². The second-order valence-corrected chi connectivity index (χ2v) is 8.18. The molecule has 1 amide bonds. The van der Waals surface area contributed by atoms with E-state index in [4.69, 9.17) is 0 Å². The molecule has 0 aliphatic carbocycles. The fraction of sp³-hybridized carbons (Fsp3) is 0.348. The second kappa shape index (κ2) is 6.81. The molecule has 2 bridgehead atoms. The summed E-state index contributed by atoms with van der Waals surface area (Å²) in [5, 5.41) is 0. The number of piperazine rings is 1. The molecular formula is C23H25N5O. The number of anilines is 1. The summed E-state index contributed by atoms with van der Waals surface area (Å²) in [6.07, 6.45) is 6.37. The third kappa shape index (κ3) is 2.95. The summed E-state index contributed by atoms with van der Waals surface area (Å²) in [7, 11) is 0. The smallest absolute Gasteiger partial charge is 0.244 e. The maximum atomic E-state index is 13.3. The predicted octanol–water partition coefficient (Wildman–Crippen LogP) is 3.18. The molecule has 0 unspecified atom stereocenters. The molecule has 0 N–H and O–H groups in total. The third-order valence-corrected chi connectivity index (χ3v) is 6.31. The first-order chi connectivity index (χ1) is 14.0. The van der Waals surface area contributed by atoms with Crippen LogP contribution in [0.5, 0.6) is 0 Å². The van der Waals surface area contributed by atoms with E-state index in [0.717, 1.165) is 30.9 Å². The maximum Gasteiger partial charge on any atom is 0.244 e. The highest BCUT2D eigenvalue weighted by Gasteiger charge is 2.50. The summed E-state index contributed by atoms with van der Waals surface area (Å²) in [5.74, 6) is 0.886. The number of aryl methyl sites for hydroxylation is 3. The molecule has 0 radical (unpaired) electrons. The Labute approximate surface area is 170 Å². The van der Waals surface area contributed by atoms with Gasteiger partial charge in [-0.05, 0) is 68.1 Å². The summed E-state index contributed by atoms with van der Waals surface area (Å²) >= 11 is 0. The van der Waals surface area contributed by atoms with Crippen LogP contribution in [0.1, 0.15) is 28.8 Å². The summed E-state index contributed by atoms with van der Waals surface area (Å²) in [6, 6.07) is 10.4. The standard InChI is InChI=1S/C23H25N5O/c1-15-10-17(3)20(11-16(15)2)28-19-12-21(22(28)29)26(14-19)13-18-6-4-9-27(18)23-24-7-5-8-25-23/h4-11,19,21H,12-14H2,1-3H3/t19-,21-/m0/s1. The molecule has 2 saturated heterocycles. The van der Waals surface area contributed by atoms with Crippen LogP contribution in [0.4, 0.5) is 5.69 Å². The SMILES string of the molecule is Cc1cc(C)c(N2C(=O)[C@@H]3C[C@H]2CN3Cc2cccn2-c2ncccn2)cc1C. The zero-order valence-corrected chi connectivity index (χ0v) is 17.0. The van der Waals surface area contributed by atoms with Crippen molar-refractivity contribution in [3.63, 3.8) is 0 Å². The van der Waals surface area contributed by atoms with Crippen molar-refractivity contribution in [2.45, 2.75) is 45.8 Å². The highest BCUT2D eigenvalue weighted by atomic mass is 16.2. The zero-order chi connectivity index (χ0) is 20.1. The molecule has 29 heavy (non-hydrogen) atoms. The Kier molecular flexibility index (Phi) is 4.24. The van der Waals surface area contributed by atoms with Crippen LogP contribution in [-0.2, 0) is 11.3 Å². The minimum Gasteiger partial charge on any atom is -0.306 e. The lowest BCUT2D eigenvalue weighted by atomic mass is 10.0. The molecule has 2 aromatic heterocycles. The van der Waals surface area contributed by atoms with Gasteiger partial charge in [0.15, 0.2) is 0 Å². The first-order valence-corrected chi connectivity index (χ1v) is 10.1. The van der Waals surface area contributed by atoms with Gasteiger partial charge in [-0.1, -0.05) is 6.07 Å². The van der Waals surface area contributed by atoms with Crippen molar-refractivity contribution in [2.75, 3.05) is 11.4 Å². The number of fused-ring (bicyclic) bond motifs is 2. The number of benzene rings is 1. The van der Waals surface area contributed by atoms with Crippen LogP contribution >= 0.6 is 0 Å². The number of carbonyl (C=O) groups excluding carboxylic acids is 1. The normalized spacial score (nSPS) is 21.3. The lowest BCUT2D eigenvalue weighted by Gasteiger charge is -2.35. The number of aromatic nitrogens is 3. The van der Waals surface area contributed by atoms with Gasteiger partial charge in [0, 0.05) is 43.1 Å². The lowest BCUT2D eigenvalue weighted by molar-refractivity contribution is -0.122. The van der Waals surface area contributed by atoms with Crippen LogP contribution < -0.4 is 4.90 Å². The van der Waals surface area contributed by atoms with E-state index in [2.05, 4.69) is 53.8 Å². The van der Waals surface area contributed by atoms with Crippen LogP contribution in [0.15, 0.2) is 48.9 Å². The molecule has 6 nitrogen and oxygen atoms in total. The van der Waals surface area contributed by atoms with Gasteiger partial charge in [0.1, 0.15) is 0 Å². The Morgan fingerprint density at radius 1 is 1.03 bits per heavy atom. The summed E-state index contributed by atoms with van der Waals surface area (Å²) in [4.78, 5) is 26.3. The molecule has 3 aromatic rings. The molecule has 2 fully saturated rings. The molecule has 148 valence electrons. The number of likely N-dealkylation sites (tertiary alicyclic amines) is 1. The predicted molar refractivity (Wildman–Crippen MR) is 112 cm³/mol. The quantitative estimate of drug-likeness (QED) is 0.690. The van der Waals surface area contributed by atoms with Crippen molar-refractivity contribution < 1.29 is 4.79 Å². The van der Waals surface area contributed by atoms with E-state index in [9.17, 15) is 4.79 Å². The van der Waals surface area contributed by atoms with Crippen molar-refractivity contribution >= 4 is 11.6 Å². The average Bonchev–Trinajstić information content (AvgIpc) is 3.41. The van der Waals surface area contributed by atoms with Crippen molar-refractivity contribution in [1.29, 1.82) is 0 Å². The Hall–Kier alpha value is -2.99. The zero-order valence-electron chi connectivity index (χ0n) is 17.0. The van der Waals surface area contributed by atoms with Crippen LogP contribution in [0.3, 0.4) is 0 Å². The van der Waals surface area contributed by atoms with Gasteiger partial charge < -0.3 is 4.90 Å². The van der Waals surface area contributed by atoms with E-state index in [1.165, 1.54) is 16.7 Å². The molecule has 0 saturated carbocycles. The molecule has 1 aromatic carbocycles. The molecule has 2 aliphatic heterocycles. The third-order valence-electron chi connectivity index (χ3n) is 6.31. The summed E-state index contributed by atoms with van der Waals surface area (Å²) in [6.45, 7) is 7.95. The van der Waals surface area contributed by atoms with Crippen LogP contribution in [-0.4, -0.2) is 44.0 Å². The lowest BCUT2D eigenvalue weighted by Crippen LogP contribution is -2.50. The van der Waals surface area contributed by atoms with Crippen LogP contribution in [0.25, 0.3) is 5.95 Å². The Morgan fingerprint density at radius 3 is 2.55 bits per heavy atom. The largest absolute Gasteiger partial charge is 0.306 e. The number of hydrogen-bond acceptors (Lipinski definition) is 4. The fourth-order valence-electron chi connectivity index (χ4n) is 4.72. The number of amides is 1. The Balaban J connectivity index is 1.38. The van der Waals surface area contributed by atoms with Crippen molar-refractivity contribution in [3.05, 3.63) is 71.3 Å². The molecule has 5 rings (SSSR count). The molecule has 4 heterocycles. The van der Waals surface area contributed by atoms with Gasteiger partial charge in [0.2, 0.25) is 11.9 Å². The topological polar surface area (TPSA) is 54.3 Å². The minimum absolute atomic E-state index is 0.0546. The fourth-order valence-corrected chi connectivity index (χ4v) is 4.72. The number of carbonyl (C=O) groups is 1. The number of nitrogens with zero attached hydrogens (tertiary/aromatic N) is 5. The van der Waals surface area contributed by atoms with E-state index in [1.54, 1.807) is 12.4 Å². The Bertz CT molecular complexity index is 1070. The van der Waals surface area contributed by atoms with Crippen LogP contribution in [0, 0.1) is 20.8 Å². The molecule has 0 spiro atoms. The molecule has 6 heteroatoms. The number of hydrogen-bond donors (Lipinski definition) is 0. The van der Waals surface area contributed by atoms with Crippen molar-refractivity contribution in [3.8, 4) is 5.95 Å². The van der Waals surface area contributed by atoms with Gasteiger partial charge >= 0.3 is 0 Å². The van der Waals surface area contributed by atoms with Gasteiger partial charge in [0.25, 0.3) is 0 Å². The first kappa shape index (κ1) is 18.1. The van der Waals surface area contributed by atoms with E-state index in [-0.39, 0.29) is 18.0 Å². The monoisotopic (exact) mass is 387 g/mol. The maximum absolute atomic E-state index is 13.3. The highest BCUT2D eigenvalue weighted by molar-refractivity contribution is 6.02. The highest BCUT2D eigenvalue weighted by Crippen LogP contribution is 2.38. The second-order valence-electron chi connectivity index (χ2n) is 8.18. The van der Waals surface area contributed by atoms with E-state index in [1.807, 2.05) is 27.8 Å². The van der Waals surface area contributed by atoms with Gasteiger partial charge in [-0.2, -0.15) is 0 Å². The van der Waals surface area contributed by atoms with Gasteiger partial charge in [-0.3, -0.25) is 14.3 Å². The van der Waals surface area contributed by atoms with Gasteiger partial charge in [0.05, 0.1) is 12.1 Å². The molecule has 2 aliphatic rings. The molecular weight excluding hydrogens is 362 g/mol. The molecule has 2 atom stereocenters. The van der Waals surface area contributed by atoms with Gasteiger partial charge in [-0.15, -0.1) is 0 Å². The minimum atomic E-state index is -0.0546. The van der Waals surface area contributed by atoms with Crippen LogP contribution in [0.2, 0.25) is 0 Å². The average molecular weight is 387 g/mol. The summed E-state index contributed by atoms with van der Waals surface area (Å²) in [5.41, 5.74) is 5.86. The Morgan fingerprint density at radius 2 is 1.79 bits per heavy atom. The first-order valence-electron chi connectivity index (χ1n) is 10.1. The van der Waals surface area contributed by atoms with E-state index in [0.29, 0.717) is 5.95 Å². The van der Waals surface area contributed by atoms with E-state index < -0.39 is 0 Å². The van der Waals surface area contributed by atoms with Crippen molar-refractivity contribution in [2.24, 2.45) is 0 Å². The van der Waals surface area contributed by atoms with Crippen molar-refractivity contribution in [1.82, 2.24) is 19.4 Å².